The van der Waals surface area contributed by atoms with E-state index in [-0.39, 0.29) is 6.04 Å². The van der Waals surface area contributed by atoms with Gasteiger partial charge in [-0.3, -0.25) is 4.99 Å². The fourth-order valence-electron chi connectivity index (χ4n) is 4.05. The molecular formula is C29H33N3. The largest absolute Gasteiger partial charge is 0.398 e. The van der Waals surface area contributed by atoms with E-state index in [2.05, 4.69) is 92.3 Å². The maximum Gasteiger partial charge on any atom is 0.0492 e. The quantitative estimate of drug-likeness (QED) is 0.237. The number of hydrogen-bond donors (Lipinski definition) is 2. The SMILES string of the molecule is C=C(/C=C\C)c1cc(C)cc(C(C)Nc2ccccc2C)c1-c1ccc(N)c(C=NC)c1. The molecule has 0 saturated heterocycles. The first kappa shape index (κ1) is 23.1. The highest BCUT2D eigenvalue weighted by Crippen LogP contribution is 2.38. The van der Waals surface area contributed by atoms with Crippen LogP contribution >= 0.6 is 0 Å². The summed E-state index contributed by atoms with van der Waals surface area (Å²) in [5.74, 6) is 0. The van der Waals surface area contributed by atoms with E-state index in [1.807, 2.05) is 25.3 Å². The third kappa shape index (κ3) is 5.00. The molecule has 0 radical (unpaired) electrons. The lowest BCUT2D eigenvalue weighted by atomic mass is 9.85. The number of para-hydroxylation sites is 1. The van der Waals surface area contributed by atoms with Crippen molar-refractivity contribution in [2.45, 2.75) is 33.7 Å². The fraction of sp³-hybridized carbons (Fsp3) is 0.207. The normalized spacial score (nSPS) is 12.4. The van der Waals surface area contributed by atoms with Crippen molar-refractivity contribution in [1.82, 2.24) is 0 Å². The minimum absolute atomic E-state index is 0.0870. The average Bonchev–Trinajstić information content (AvgIpc) is 2.76. The van der Waals surface area contributed by atoms with Crippen LogP contribution in [0.15, 0.2) is 78.3 Å². The Balaban J connectivity index is 2.24. The molecule has 0 aliphatic rings. The highest BCUT2D eigenvalue weighted by Gasteiger charge is 2.19. The van der Waals surface area contributed by atoms with Crippen LogP contribution in [0.4, 0.5) is 11.4 Å². The van der Waals surface area contributed by atoms with Gasteiger partial charge in [0, 0.05) is 36.2 Å². The molecule has 0 aliphatic carbocycles. The molecule has 0 saturated carbocycles. The fourth-order valence-corrected chi connectivity index (χ4v) is 4.05. The highest BCUT2D eigenvalue weighted by molar-refractivity contribution is 5.93. The Morgan fingerprint density at radius 3 is 2.53 bits per heavy atom. The smallest absolute Gasteiger partial charge is 0.0492 e. The molecule has 0 aliphatic heterocycles. The predicted octanol–water partition coefficient (Wildman–Crippen LogP) is 7.36. The lowest BCUT2D eigenvalue weighted by Crippen LogP contribution is -2.11. The maximum atomic E-state index is 6.21. The molecule has 32 heavy (non-hydrogen) atoms. The number of hydrogen-bond acceptors (Lipinski definition) is 3. The number of nitrogen functional groups attached to an aromatic ring is 1. The first-order valence-electron chi connectivity index (χ1n) is 11.0. The summed E-state index contributed by atoms with van der Waals surface area (Å²) in [6.07, 6.45) is 5.90. The van der Waals surface area contributed by atoms with Gasteiger partial charge in [-0.05, 0) is 79.3 Å². The van der Waals surface area contributed by atoms with Crippen LogP contribution in [0.5, 0.6) is 0 Å². The lowest BCUT2D eigenvalue weighted by molar-refractivity contribution is 0.882. The summed E-state index contributed by atoms with van der Waals surface area (Å²) < 4.78 is 0. The summed E-state index contributed by atoms with van der Waals surface area (Å²) in [4.78, 5) is 4.18. The monoisotopic (exact) mass is 423 g/mol. The van der Waals surface area contributed by atoms with Crippen molar-refractivity contribution in [3.63, 3.8) is 0 Å². The molecule has 0 spiro atoms. The minimum Gasteiger partial charge on any atom is -0.398 e. The summed E-state index contributed by atoms with van der Waals surface area (Å²) in [5.41, 5.74) is 17.0. The molecule has 0 fully saturated rings. The molecule has 0 amide bonds. The van der Waals surface area contributed by atoms with E-state index in [1.54, 1.807) is 7.05 Å². The number of nitrogens with one attached hydrogen (secondary N) is 1. The summed E-state index contributed by atoms with van der Waals surface area (Å²) in [7, 11) is 1.76. The van der Waals surface area contributed by atoms with Crippen LogP contribution in [0.3, 0.4) is 0 Å². The molecule has 3 heteroatoms. The topological polar surface area (TPSA) is 50.4 Å². The van der Waals surface area contributed by atoms with Crippen LogP contribution in [0.1, 0.15) is 47.7 Å². The van der Waals surface area contributed by atoms with Crippen LogP contribution in [-0.2, 0) is 0 Å². The van der Waals surface area contributed by atoms with E-state index < -0.39 is 0 Å². The van der Waals surface area contributed by atoms with E-state index >= 15 is 0 Å². The Hall–Kier alpha value is -3.59. The molecule has 1 atom stereocenters. The van der Waals surface area contributed by atoms with Crippen LogP contribution in [0.2, 0.25) is 0 Å². The zero-order chi connectivity index (χ0) is 23.3. The first-order valence-corrected chi connectivity index (χ1v) is 11.0. The number of aliphatic imine (C=N–C) groups is 1. The van der Waals surface area contributed by atoms with Crippen molar-refractivity contribution >= 4 is 23.2 Å². The molecule has 3 aromatic rings. The van der Waals surface area contributed by atoms with Gasteiger partial charge in [-0.2, -0.15) is 0 Å². The third-order valence-corrected chi connectivity index (χ3v) is 5.65. The van der Waals surface area contributed by atoms with Crippen molar-refractivity contribution in [3.05, 3.63) is 101 Å². The minimum atomic E-state index is 0.0870. The van der Waals surface area contributed by atoms with E-state index in [9.17, 15) is 0 Å². The van der Waals surface area contributed by atoms with Crippen LogP contribution < -0.4 is 11.1 Å². The molecule has 0 bridgehead atoms. The highest BCUT2D eigenvalue weighted by atomic mass is 14.9. The maximum absolute atomic E-state index is 6.21. The van der Waals surface area contributed by atoms with Gasteiger partial charge in [0.15, 0.2) is 0 Å². The van der Waals surface area contributed by atoms with Crippen LogP contribution in [-0.4, -0.2) is 13.3 Å². The second-order valence-electron chi connectivity index (χ2n) is 8.21. The van der Waals surface area contributed by atoms with Crippen molar-refractivity contribution in [2.24, 2.45) is 4.99 Å². The molecule has 3 rings (SSSR count). The molecule has 0 aromatic heterocycles. The summed E-state index contributed by atoms with van der Waals surface area (Å²) in [5, 5.41) is 3.71. The molecule has 0 heterocycles. The van der Waals surface area contributed by atoms with Crippen molar-refractivity contribution in [1.29, 1.82) is 0 Å². The Bertz CT molecular complexity index is 1190. The van der Waals surface area contributed by atoms with Crippen molar-refractivity contribution < 1.29 is 0 Å². The zero-order valence-corrected chi connectivity index (χ0v) is 19.7. The Labute approximate surface area is 192 Å². The second kappa shape index (κ2) is 10.1. The van der Waals surface area contributed by atoms with E-state index in [1.165, 1.54) is 16.7 Å². The Morgan fingerprint density at radius 1 is 1.09 bits per heavy atom. The van der Waals surface area contributed by atoms with E-state index in [0.29, 0.717) is 5.69 Å². The van der Waals surface area contributed by atoms with Crippen molar-refractivity contribution in [3.8, 4) is 11.1 Å². The van der Waals surface area contributed by atoms with Crippen molar-refractivity contribution in [2.75, 3.05) is 18.1 Å². The molecule has 3 N–H and O–H groups in total. The molecule has 1 unspecified atom stereocenters. The van der Waals surface area contributed by atoms with Gasteiger partial charge in [0.2, 0.25) is 0 Å². The number of nitrogens with zero attached hydrogens (tertiary/aromatic N) is 1. The number of aryl methyl sites for hydroxylation is 2. The molecule has 164 valence electrons. The summed E-state index contributed by atoms with van der Waals surface area (Å²) in [6.45, 7) is 12.8. The van der Waals surface area contributed by atoms with Gasteiger partial charge in [-0.15, -0.1) is 0 Å². The average molecular weight is 424 g/mol. The van der Waals surface area contributed by atoms with Gasteiger partial charge in [0.05, 0.1) is 0 Å². The predicted molar refractivity (Wildman–Crippen MR) is 142 cm³/mol. The third-order valence-electron chi connectivity index (χ3n) is 5.65. The second-order valence-corrected chi connectivity index (χ2v) is 8.21. The van der Waals surface area contributed by atoms with Gasteiger partial charge >= 0.3 is 0 Å². The lowest BCUT2D eigenvalue weighted by Gasteiger charge is -2.24. The number of benzene rings is 3. The zero-order valence-electron chi connectivity index (χ0n) is 19.7. The van der Waals surface area contributed by atoms with Gasteiger partial charge < -0.3 is 11.1 Å². The number of allylic oxidation sites excluding steroid dienone is 3. The van der Waals surface area contributed by atoms with E-state index in [4.69, 9.17) is 5.73 Å². The summed E-state index contributed by atoms with van der Waals surface area (Å²) in [6, 6.07) is 19.1. The Kier molecular flexibility index (Phi) is 7.32. The van der Waals surface area contributed by atoms with Gasteiger partial charge in [-0.25, -0.2) is 0 Å². The van der Waals surface area contributed by atoms with Crippen LogP contribution in [0, 0.1) is 13.8 Å². The van der Waals surface area contributed by atoms with Crippen LogP contribution in [0.25, 0.3) is 16.7 Å². The molecule has 3 nitrogen and oxygen atoms in total. The van der Waals surface area contributed by atoms with Gasteiger partial charge in [0.1, 0.15) is 0 Å². The standard InChI is InChI=1S/C29H33N3/c1-7-10-20(3)25-15-19(2)16-26(22(5)32-28-12-9-8-11-21(28)4)29(25)23-13-14-27(30)24(17-23)18-31-6/h7-18,22,32H,3,30H2,1-2,4-6H3/b10-7-,31-18?. The van der Waals surface area contributed by atoms with Gasteiger partial charge in [0.25, 0.3) is 0 Å². The molecular weight excluding hydrogens is 390 g/mol. The number of anilines is 2. The van der Waals surface area contributed by atoms with Gasteiger partial charge in [-0.1, -0.05) is 60.7 Å². The first-order chi connectivity index (χ1) is 15.3. The Morgan fingerprint density at radius 2 is 1.84 bits per heavy atom. The molecule has 3 aromatic carbocycles. The summed E-state index contributed by atoms with van der Waals surface area (Å²) >= 11 is 0. The number of rotatable bonds is 7. The number of nitrogens with two attached hydrogens (primary N) is 1. The van der Waals surface area contributed by atoms with E-state index in [0.717, 1.165) is 33.5 Å².